The lowest BCUT2D eigenvalue weighted by Crippen LogP contribution is -2.42. The molecule has 0 saturated heterocycles. The molecule has 4 rings (SSSR count). The minimum Gasteiger partial charge on any atom is -0.345 e. The van der Waals surface area contributed by atoms with E-state index in [1.807, 2.05) is 0 Å². The summed E-state index contributed by atoms with van der Waals surface area (Å²) in [6.45, 7) is -0.263. The average Bonchev–Trinajstić information content (AvgIpc) is 3.44. The van der Waals surface area contributed by atoms with Gasteiger partial charge in [-0.25, -0.2) is 4.39 Å². The van der Waals surface area contributed by atoms with Crippen molar-refractivity contribution in [2.75, 3.05) is 11.9 Å². The normalized spacial score (nSPS) is 18.2. The molecule has 2 N–H and O–H groups in total. The summed E-state index contributed by atoms with van der Waals surface area (Å²) in [6, 6.07) is 11.9. The van der Waals surface area contributed by atoms with Crippen molar-refractivity contribution in [3.05, 3.63) is 65.5 Å². The van der Waals surface area contributed by atoms with Crippen molar-refractivity contribution in [3.8, 4) is 0 Å². The molecule has 6 nitrogen and oxygen atoms in total. The highest BCUT2D eigenvalue weighted by Gasteiger charge is 2.47. The molecule has 138 valence electrons. The monoisotopic (exact) mass is 367 g/mol. The van der Waals surface area contributed by atoms with Gasteiger partial charge in [0.2, 0.25) is 11.8 Å². The Morgan fingerprint density at radius 1 is 1.11 bits per heavy atom. The van der Waals surface area contributed by atoms with Crippen LogP contribution in [0.25, 0.3) is 0 Å². The van der Waals surface area contributed by atoms with Gasteiger partial charge in [0.25, 0.3) is 5.91 Å². The molecule has 1 aliphatic carbocycles. The molecule has 2 aliphatic rings. The molecule has 2 aromatic carbocycles. The molecule has 3 amide bonds. The van der Waals surface area contributed by atoms with Crippen LogP contribution in [0.15, 0.2) is 48.5 Å². The Kier molecular flexibility index (Phi) is 4.35. The van der Waals surface area contributed by atoms with E-state index >= 15 is 0 Å². The topological polar surface area (TPSA) is 78.5 Å². The number of nitrogens with one attached hydrogen (secondary N) is 2. The highest BCUT2D eigenvalue weighted by Crippen LogP contribution is 2.41. The summed E-state index contributed by atoms with van der Waals surface area (Å²) in [6.07, 6.45) is 1.76. The molecule has 0 aromatic heterocycles. The number of benzene rings is 2. The lowest BCUT2D eigenvalue weighted by molar-refractivity contribution is -0.127. The second-order valence-electron chi connectivity index (χ2n) is 6.71. The van der Waals surface area contributed by atoms with Crippen molar-refractivity contribution in [1.82, 2.24) is 10.2 Å². The van der Waals surface area contributed by atoms with Crippen LogP contribution < -0.4 is 10.6 Å². The smallest absolute Gasteiger partial charge is 0.255 e. The molecule has 1 saturated carbocycles. The van der Waals surface area contributed by atoms with Crippen molar-refractivity contribution in [2.45, 2.75) is 24.9 Å². The zero-order chi connectivity index (χ0) is 19.0. The Balaban J connectivity index is 1.44. The van der Waals surface area contributed by atoms with Gasteiger partial charge in [-0.2, -0.15) is 0 Å². The van der Waals surface area contributed by atoms with Gasteiger partial charge in [0.05, 0.1) is 6.54 Å². The third-order valence-corrected chi connectivity index (χ3v) is 4.72. The molecular weight excluding hydrogens is 349 g/mol. The Morgan fingerprint density at radius 2 is 1.89 bits per heavy atom. The number of fused-ring (bicyclic) bond motifs is 1. The largest absolute Gasteiger partial charge is 0.345 e. The molecule has 0 spiro atoms. The lowest BCUT2D eigenvalue weighted by Gasteiger charge is -2.24. The molecule has 1 unspecified atom stereocenters. The van der Waals surface area contributed by atoms with Crippen LogP contribution in [0, 0.1) is 5.82 Å². The van der Waals surface area contributed by atoms with E-state index in [-0.39, 0.29) is 18.5 Å². The van der Waals surface area contributed by atoms with Crippen molar-refractivity contribution in [3.63, 3.8) is 0 Å². The Hall–Kier alpha value is -3.22. The van der Waals surface area contributed by atoms with Gasteiger partial charge in [0.1, 0.15) is 11.9 Å². The minimum absolute atomic E-state index is 0.0711. The predicted octanol–water partition coefficient (Wildman–Crippen LogP) is 2.24. The number of carbonyl (C=O) groups excluding carboxylic acids is 3. The standard InChI is InChI=1S/C20H18FN3O3/c21-12-4-3-5-13(10-12)23-17(25)11-22-19(26)18-15-6-1-2-7-16(15)20(27)24(18)14-8-9-14/h1-7,10,14,18H,8-9,11H2,(H,22,26)(H,23,25). The van der Waals surface area contributed by atoms with Gasteiger partial charge in [-0.3, -0.25) is 14.4 Å². The molecule has 27 heavy (non-hydrogen) atoms. The van der Waals surface area contributed by atoms with E-state index in [1.54, 1.807) is 35.2 Å². The Bertz CT molecular complexity index is 926. The lowest BCUT2D eigenvalue weighted by atomic mass is 10.0. The molecule has 1 heterocycles. The average molecular weight is 367 g/mol. The molecule has 0 bridgehead atoms. The van der Waals surface area contributed by atoms with Crippen LogP contribution in [0.5, 0.6) is 0 Å². The third-order valence-electron chi connectivity index (χ3n) is 4.72. The molecule has 7 heteroatoms. The second kappa shape index (κ2) is 6.83. The number of nitrogens with zero attached hydrogens (tertiary/aromatic N) is 1. The molecule has 1 atom stereocenters. The number of hydrogen-bond donors (Lipinski definition) is 2. The fourth-order valence-corrected chi connectivity index (χ4v) is 3.37. The van der Waals surface area contributed by atoms with E-state index in [4.69, 9.17) is 0 Å². The zero-order valence-electron chi connectivity index (χ0n) is 14.4. The number of hydrogen-bond acceptors (Lipinski definition) is 3. The van der Waals surface area contributed by atoms with Gasteiger partial charge in [0, 0.05) is 17.3 Å². The Labute approximate surface area is 155 Å². The molecular formula is C20H18FN3O3. The maximum absolute atomic E-state index is 13.2. The number of anilines is 1. The van der Waals surface area contributed by atoms with Gasteiger partial charge in [-0.05, 0) is 42.7 Å². The van der Waals surface area contributed by atoms with Crippen molar-refractivity contribution in [1.29, 1.82) is 0 Å². The van der Waals surface area contributed by atoms with Crippen LogP contribution in [0.1, 0.15) is 34.8 Å². The number of carbonyl (C=O) groups is 3. The van der Waals surface area contributed by atoms with Gasteiger partial charge in [-0.1, -0.05) is 24.3 Å². The SMILES string of the molecule is O=C(CNC(=O)C1c2ccccc2C(=O)N1C1CC1)Nc1cccc(F)c1. The van der Waals surface area contributed by atoms with Crippen LogP contribution >= 0.6 is 0 Å². The molecule has 1 aliphatic heterocycles. The quantitative estimate of drug-likeness (QED) is 0.851. The number of halogens is 1. The van der Waals surface area contributed by atoms with E-state index in [2.05, 4.69) is 10.6 Å². The minimum atomic E-state index is -0.719. The van der Waals surface area contributed by atoms with Crippen molar-refractivity contribution >= 4 is 23.4 Å². The van der Waals surface area contributed by atoms with Crippen LogP contribution in [-0.2, 0) is 9.59 Å². The van der Waals surface area contributed by atoms with Gasteiger partial charge >= 0.3 is 0 Å². The van der Waals surface area contributed by atoms with E-state index in [0.717, 1.165) is 12.8 Å². The fraction of sp³-hybridized carbons (Fsp3) is 0.250. The van der Waals surface area contributed by atoms with Gasteiger partial charge in [-0.15, -0.1) is 0 Å². The van der Waals surface area contributed by atoms with E-state index < -0.39 is 23.7 Å². The van der Waals surface area contributed by atoms with Crippen LogP contribution in [-0.4, -0.2) is 35.2 Å². The molecule has 2 aromatic rings. The van der Waals surface area contributed by atoms with Crippen LogP contribution in [0.2, 0.25) is 0 Å². The van der Waals surface area contributed by atoms with Gasteiger partial charge < -0.3 is 15.5 Å². The summed E-state index contributed by atoms with van der Waals surface area (Å²) >= 11 is 0. The summed E-state index contributed by atoms with van der Waals surface area (Å²) in [5, 5.41) is 5.12. The van der Waals surface area contributed by atoms with Crippen LogP contribution in [0.4, 0.5) is 10.1 Å². The first-order valence-corrected chi connectivity index (χ1v) is 8.79. The van der Waals surface area contributed by atoms with Crippen molar-refractivity contribution < 1.29 is 18.8 Å². The first-order valence-electron chi connectivity index (χ1n) is 8.79. The first-order chi connectivity index (χ1) is 13.0. The molecule has 0 radical (unpaired) electrons. The Morgan fingerprint density at radius 3 is 2.63 bits per heavy atom. The van der Waals surface area contributed by atoms with E-state index in [9.17, 15) is 18.8 Å². The number of rotatable bonds is 5. The summed E-state index contributed by atoms with van der Waals surface area (Å²) in [7, 11) is 0. The van der Waals surface area contributed by atoms with Crippen molar-refractivity contribution in [2.24, 2.45) is 0 Å². The second-order valence-corrected chi connectivity index (χ2v) is 6.71. The maximum atomic E-state index is 13.2. The molecule has 1 fully saturated rings. The number of amides is 3. The summed E-state index contributed by atoms with van der Waals surface area (Å²) in [5.74, 6) is -1.46. The highest BCUT2D eigenvalue weighted by atomic mass is 19.1. The zero-order valence-corrected chi connectivity index (χ0v) is 14.4. The van der Waals surface area contributed by atoms with E-state index in [1.165, 1.54) is 18.2 Å². The summed E-state index contributed by atoms with van der Waals surface area (Å²) < 4.78 is 13.2. The maximum Gasteiger partial charge on any atom is 0.255 e. The summed E-state index contributed by atoms with van der Waals surface area (Å²) in [4.78, 5) is 39.1. The predicted molar refractivity (Wildman–Crippen MR) is 96.4 cm³/mol. The summed E-state index contributed by atoms with van der Waals surface area (Å²) in [5.41, 5.74) is 1.52. The first kappa shape index (κ1) is 17.2. The fourth-order valence-electron chi connectivity index (χ4n) is 3.37. The van der Waals surface area contributed by atoms with E-state index in [0.29, 0.717) is 16.8 Å². The highest BCUT2D eigenvalue weighted by molar-refractivity contribution is 6.05. The third kappa shape index (κ3) is 3.40. The van der Waals surface area contributed by atoms with Crippen LogP contribution in [0.3, 0.4) is 0 Å². The van der Waals surface area contributed by atoms with Gasteiger partial charge in [0.15, 0.2) is 0 Å².